The van der Waals surface area contributed by atoms with Crippen LogP contribution in [0.2, 0.25) is 0 Å². The standard InChI is InChI=1S/C8H18NO5P/c1-7(2)3-5-14-15(12,13)6-4-8(10)9-11/h7,11H,3-6H2,1-2H3,(H,9,10)(H,12,13). The molecule has 1 atom stereocenters. The topological polar surface area (TPSA) is 95.9 Å². The van der Waals surface area contributed by atoms with Crippen LogP contribution in [-0.2, 0) is 13.9 Å². The van der Waals surface area contributed by atoms with E-state index in [1.807, 2.05) is 13.8 Å². The SMILES string of the molecule is CC(C)CCOP(=O)(O)CCC(=O)NO. The Hall–Kier alpha value is -0.420. The Morgan fingerprint density at radius 2 is 2.13 bits per heavy atom. The molecule has 0 aromatic carbocycles. The molecule has 6 nitrogen and oxygen atoms in total. The maximum absolute atomic E-state index is 11.3. The molecule has 90 valence electrons. The first-order valence-electron chi connectivity index (χ1n) is 4.76. The lowest BCUT2D eigenvalue weighted by molar-refractivity contribution is -0.128. The third-order valence-corrected chi connectivity index (χ3v) is 3.11. The summed E-state index contributed by atoms with van der Waals surface area (Å²) in [5.74, 6) is -0.303. The van der Waals surface area contributed by atoms with Crippen molar-refractivity contribution in [3.05, 3.63) is 0 Å². The van der Waals surface area contributed by atoms with Crippen LogP contribution in [0, 0.1) is 5.92 Å². The monoisotopic (exact) mass is 239 g/mol. The van der Waals surface area contributed by atoms with Gasteiger partial charge < -0.3 is 9.42 Å². The van der Waals surface area contributed by atoms with Gasteiger partial charge in [0.2, 0.25) is 5.91 Å². The number of rotatable bonds is 7. The molecule has 0 aromatic rings. The summed E-state index contributed by atoms with van der Waals surface area (Å²) in [5, 5.41) is 8.17. The molecule has 1 unspecified atom stereocenters. The molecular formula is C8H18NO5P. The molecule has 15 heavy (non-hydrogen) atoms. The maximum Gasteiger partial charge on any atom is 0.328 e. The number of carbonyl (C=O) groups is 1. The highest BCUT2D eigenvalue weighted by atomic mass is 31.2. The molecule has 0 saturated heterocycles. The second-order valence-electron chi connectivity index (χ2n) is 3.66. The van der Waals surface area contributed by atoms with Crippen LogP contribution in [0.15, 0.2) is 0 Å². The maximum atomic E-state index is 11.3. The minimum absolute atomic E-state index is 0.201. The van der Waals surface area contributed by atoms with E-state index in [0.29, 0.717) is 12.3 Å². The average molecular weight is 239 g/mol. The average Bonchev–Trinajstić information content (AvgIpc) is 2.13. The lowest BCUT2D eigenvalue weighted by Crippen LogP contribution is -2.19. The normalized spacial score (nSPS) is 15.0. The van der Waals surface area contributed by atoms with E-state index in [-0.39, 0.29) is 19.2 Å². The molecule has 7 heteroatoms. The molecule has 0 aliphatic carbocycles. The quantitative estimate of drug-likeness (QED) is 0.351. The lowest BCUT2D eigenvalue weighted by atomic mass is 10.2. The van der Waals surface area contributed by atoms with Crippen molar-refractivity contribution in [3.8, 4) is 0 Å². The molecule has 0 aliphatic heterocycles. The van der Waals surface area contributed by atoms with Crippen molar-refractivity contribution >= 4 is 13.5 Å². The van der Waals surface area contributed by atoms with E-state index in [9.17, 15) is 14.3 Å². The second-order valence-corrected chi connectivity index (χ2v) is 5.64. The summed E-state index contributed by atoms with van der Waals surface area (Å²) >= 11 is 0. The van der Waals surface area contributed by atoms with Crippen LogP contribution in [0.5, 0.6) is 0 Å². The van der Waals surface area contributed by atoms with Crippen molar-refractivity contribution in [2.24, 2.45) is 5.92 Å². The summed E-state index contributed by atoms with van der Waals surface area (Å²) in [4.78, 5) is 19.8. The van der Waals surface area contributed by atoms with Crippen LogP contribution in [0.1, 0.15) is 26.7 Å². The van der Waals surface area contributed by atoms with E-state index in [0.717, 1.165) is 0 Å². The minimum Gasteiger partial charge on any atom is -0.324 e. The van der Waals surface area contributed by atoms with Crippen LogP contribution >= 0.6 is 7.60 Å². The fraction of sp³-hybridized carbons (Fsp3) is 0.875. The molecular weight excluding hydrogens is 221 g/mol. The Balaban J connectivity index is 3.77. The summed E-state index contributed by atoms with van der Waals surface area (Å²) in [7, 11) is -3.69. The number of amides is 1. The van der Waals surface area contributed by atoms with Crippen molar-refractivity contribution in [1.29, 1.82) is 0 Å². The highest BCUT2D eigenvalue weighted by Gasteiger charge is 2.20. The molecule has 1 amide bonds. The smallest absolute Gasteiger partial charge is 0.324 e. The highest BCUT2D eigenvalue weighted by molar-refractivity contribution is 7.52. The van der Waals surface area contributed by atoms with Crippen LogP contribution in [0.25, 0.3) is 0 Å². The van der Waals surface area contributed by atoms with Gasteiger partial charge in [-0.3, -0.25) is 14.6 Å². The van der Waals surface area contributed by atoms with E-state index >= 15 is 0 Å². The van der Waals surface area contributed by atoms with Gasteiger partial charge in [0.25, 0.3) is 0 Å². The molecule has 0 bridgehead atoms. The van der Waals surface area contributed by atoms with Gasteiger partial charge >= 0.3 is 7.60 Å². The number of hydrogen-bond donors (Lipinski definition) is 3. The number of nitrogens with one attached hydrogen (secondary N) is 1. The summed E-state index contributed by atoms with van der Waals surface area (Å²) in [6, 6.07) is 0. The molecule has 0 heterocycles. The third kappa shape index (κ3) is 8.57. The Bertz CT molecular complexity index is 243. The first-order chi connectivity index (χ1) is 6.87. The summed E-state index contributed by atoms with van der Waals surface area (Å²) in [6.45, 7) is 4.15. The zero-order valence-electron chi connectivity index (χ0n) is 8.97. The first kappa shape index (κ1) is 14.6. The highest BCUT2D eigenvalue weighted by Crippen LogP contribution is 2.42. The molecule has 0 radical (unpaired) electrons. The Kier molecular flexibility index (Phi) is 6.76. The van der Waals surface area contributed by atoms with Gasteiger partial charge in [0.05, 0.1) is 12.8 Å². The summed E-state index contributed by atoms with van der Waals surface area (Å²) in [5.41, 5.74) is 1.39. The van der Waals surface area contributed by atoms with E-state index in [2.05, 4.69) is 0 Å². The van der Waals surface area contributed by atoms with Gasteiger partial charge in [-0.2, -0.15) is 0 Å². The Morgan fingerprint density at radius 3 is 2.60 bits per heavy atom. The zero-order chi connectivity index (χ0) is 11.9. The van der Waals surface area contributed by atoms with Gasteiger partial charge in [0.1, 0.15) is 0 Å². The first-order valence-corrected chi connectivity index (χ1v) is 6.53. The second kappa shape index (κ2) is 6.95. The minimum atomic E-state index is -3.69. The van der Waals surface area contributed by atoms with Crippen molar-refractivity contribution in [3.63, 3.8) is 0 Å². The van der Waals surface area contributed by atoms with Gasteiger partial charge in [-0.1, -0.05) is 13.8 Å². The van der Waals surface area contributed by atoms with Crippen LogP contribution in [0.3, 0.4) is 0 Å². The van der Waals surface area contributed by atoms with Crippen LogP contribution in [0.4, 0.5) is 0 Å². The third-order valence-electron chi connectivity index (χ3n) is 1.73. The van der Waals surface area contributed by atoms with Gasteiger partial charge in [0.15, 0.2) is 0 Å². The predicted molar refractivity (Wildman–Crippen MR) is 54.6 cm³/mol. The van der Waals surface area contributed by atoms with Crippen molar-refractivity contribution in [2.75, 3.05) is 12.8 Å². The fourth-order valence-corrected chi connectivity index (χ4v) is 1.80. The number of hydroxylamine groups is 1. The Morgan fingerprint density at radius 1 is 1.53 bits per heavy atom. The molecule has 3 N–H and O–H groups in total. The van der Waals surface area contributed by atoms with Crippen LogP contribution < -0.4 is 5.48 Å². The lowest BCUT2D eigenvalue weighted by Gasteiger charge is -2.12. The predicted octanol–water partition coefficient (Wildman–Crippen LogP) is 1.13. The fourth-order valence-electron chi connectivity index (χ4n) is 0.794. The van der Waals surface area contributed by atoms with Gasteiger partial charge in [-0.05, 0) is 12.3 Å². The molecule has 0 aromatic heterocycles. The van der Waals surface area contributed by atoms with E-state index in [4.69, 9.17) is 9.73 Å². The molecule has 0 fully saturated rings. The summed E-state index contributed by atoms with van der Waals surface area (Å²) < 4.78 is 16.1. The van der Waals surface area contributed by atoms with Crippen LogP contribution in [-0.4, -0.2) is 28.8 Å². The Labute approximate surface area is 89.1 Å². The van der Waals surface area contributed by atoms with Crippen molar-refractivity contribution < 1.29 is 24.0 Å². The molecule has 0 rings (SSSR count). The number of hydrogen-bond acceptors (Lipinski definition) is 4. The van der Waals surface area contributed by atoms with E-state index in [1.54, 1.807) is 0 Å². The van der Waals surface area contributed by atoms with Gasteiger partial charge in [-0.25, -0.2) is 5.48 Å². The van der Waals surface area contributed by atoms with Crippen molar-refractivity contribution in [1.82, 2.24) is 5.48 Å². The van der Waals surface area contributed by atoms with Gasteiger partial charge in [-0.15, -0.1) is 0 Å². The number of carbonyl (C=O) groups excluding carboxylic acids is 1. The summed E-state index contributed by atoms with van der Waals surface area (Å²) in [6.07, 6.45) is 0.181. The van der Waals surface area contributed by atoms with Gasteiger partial charge in [0, 0.05) is 6.42 Å². The van der Waals surface area contributed by atoms with E-state index < -0.39 is 13.5 Å². The largest absolute Gasteiger partial charge is 0.328 e. The molecule has 0 saturated carbocycles. The molecule has 0 aliphatic rings. The zero-order valence-corrected chi connectivity index (χ0v) is 9.87. The van der Waals surface area contributed by atoms with E-state index in [1.165, 1.54) is 5.48 Å². The molecule has 0 spiro atoms. The van der Waals surface area contributed by atoms with Crippen molar-refractivity contribution in [2.45, 2.75) is 26.7 Å².